The van der Waals surface area contributed by atoms with Gasteiger partial charge >= 0.3 is 8.60 Å². The van der Waals surface area contributed by atoms with Crippen molar-refractivity contribution in [1.82, 2.24) is 0 Å². The normalized spacial score (nSPS) is 39.3. The molecule has 1 fully saturated rings. The van der Waals surface area contributed by atoms with Crippen LogP contribution in [0.25, 0.3) is 0 Å². The van der Waals surface area contributed by atoms with Crippen LogP contribution in [0.5, 0.6) is 0 Å². The summed E-state index contributed by atoms with van der Waals surface area (Å²) in [5, 5.41) is 8.64. The Bertz CT molecular complexity index is 112. The van der Waals surface area contributed by atoms with Gasteiger partial charge in [-0.25, -0.2) is 0 Å². The molecule has 0 radical (unpaired) electrons. The summed E-state index contributed by atoms with van der Waals surface area (Å²) in [6.45, 7) is 3.99. The number of hydrogen-bond donors (Lipinski definition) is 1. The van der Waals surface area contributed by atoms with E-state index in [9.17, 15) is 0 Å². The second-order valence-corrected chi connectivity index (χ2v) is 3.19. The molecule has 60 valence electrons. The summed E-state index contributed by atoms with van der Waals surface area (Å²) >= 11 is 0. The summed E-state index contributed by atoms with van der Waals surface area (Å²) in [5.41, 5.74) is 0. The maximum Gasteiger partial charge on any atom is 0.338 e. The average Bonchev–Trinajstić information content (AvgIpc) is 1.85. The number of aliphatic hydroxyl groups excluding tert-OH is 1. The van der Waals surface area contributed by atoms with Crippen LogP contribution >= 0.6 is 8.60 Å². The Hall–Kier alpha value is 0.270. The van der Waals surface area contributed by atoms with Crippen molar-refractivity contribution in [2.24, 2.45) is 0 Å². The van der Waals surface area contributed by atoms with Gasteiger partial charge in [-0.05, 0) is 13.8 Å². The van der Waals surface area contributed by atoms with E-state index < -0.39 is 14.4 Å². The SMILES string of the molecule is CCOP1OC(C)(CO)O1. The van der Waals surface area contributed by atoms with Crippen molar-refractivity contribution in [2.45, 2.75) is 19.6 Å². The molecule has 1 aliphatic rings. The molecule has 1 heterocycles. The summed E-state index contributed by atoms with van der Waals surface area (Å²) in [4.78, 5) is 0. The number of aliphatic hydroxyl groups is 1. The van der Waals surface area contributed by atoms with Crippen LogP contribution in [0.1, 0.15) is 13.8 Å². The topological polar surface area (TPSA) is 47.9 Å². The van der Waals surface area contributed by atoms with Crippen molar-refractivity contribution in [3.05, 3.63) is 0 Å². The first-order valence-electron chi connectivity index (χ1n) is 3.12. The summed E-state index contributed by atoms with van der Waals surface area (Å²) in [7, 11) is -1.15. The Labute approximate surface area is 61.1 Å². The Morgan fingerprint density at radius 2 is 2.20 bits per heavy atom. The van der Waals surface area contributed by atoms with Gasteiger partial charge in [0.05, 0.1) is 13.2 Å². The number of hydrogen-bond acceptors (Lipinski definition) is 4. The van der Waals surface area contributed by atoms with Gasteiger partial charge in [0.2, 0.25) is 5.79 Å². The highest BCUT2D eigenvalue weighted by Crippen LogP contribution is 2.57. The third-order valence-corrected chi connectivity index (χ3v) is 2.60. The quantitative estimate of drug-likeness (QED) is 0.635. The Morgan fingerprint density at radius 1 is 1.60 bits per heavy atom. The van der Waals surface area contributed by atoms with E-state index in [1.807, 2.05) is 6.92 Å². The van der Waals surface area contributed by atoms with E-state index in [-0.39, 0.29) is 6.61 Å². The van der Waals surface area contributed by atoms with Gasteiger partial charge in [-0.3, -0.25) is 9.05 Å². The molecule has 0 bridgehead atoms. The molecular weight excluding hydrogens is 155 g/mol. The summed E-state index contributed by atoms with van der Waals surface area (Å²) in [6, 6.07) is 0. The van der Waals surface area contributed by atoms with Crippen molar-refractivity contribution in [1.29, 1.82) is 0 Å². The fourth-order valence-electron chi connectivity index (χ4n) is 0.538. The minimum absolute atomic E-state index is 0.126. The summed E-state index contributed by atoms with van der Waals surface area (Å²) in [6.07, 6.45) is 0. The third kappa shape index (κ3) is 1.65. The van der Waals surface area contributed by atoms with E-state index in [2.05, 4.69) is 0 Å². The summed E-state index contributed by atoms with van der Waals surface area (Å²) in [5.74, 6) is -0.805. The molecule has 0 aromatic rings. The van der Waals surface area contributed by atoms with E-state index in [0.717, 1.165) is 0 Å². The second-order valence-electron chi connectivity index (χ2n) is 2.12. The molecule has 1 rings (SSSR count). The molecular formula is C5H11O4P. The number of rotatable bonds is 3. The van der Waals surface area contributed by atoms with E-state index in [4.69, 9.17) is 18.7 Å². The average molecular weight is 166 g/mol. The van der Waals surface area contributed by atoms with Gasteiger partial charge < -0.3 is 9.63 Å². The molecule has 0 atom stereocenters. The van der Waals surface area contributed by atoms with Crippen LogP contribution in [-0.2, 0) is 13.6 Å². The molecule has 0 spiro atoms. The minimum atomic E-state index is -1.15. The second kappa shape index (κ2) is 3.11. The van der Waals surface area contributed by atoms with Crippen molar-refractivity contribution < 1.29 is 18.7 Å². The first-order valence-corrected chi connectivity index (χ1v) is 4.22. The standard InChI is InChI=1S/C5H11O4P/c1-3-7-10-8-5(2,4-6)9-10/h6H,3-4H2,1-2H3. The van der Waals surface area contributed by atoms with Gasteiger partial charge in [0.25, 0.3) is 0 Å². The molecule has 4 nitrogen and oxygen atoms in total. The molecule has 0 aromatic carbocycles. The van der Waals surface area contributed by atoms with E-state index in [1.54, 1.807) is 6.92 Å². The Balaban J connectivity index is 2.16. The van der Waals surface area contributed by atoms with Crippen molar-refractivity contribution >= 4 is 8.60 Å². The lowest BCUT2D eigenvalue weighted by Gasteiger charge is -2.40. The largest absolute Gasteiger partial charge is 0.391 e. The highest BCUT2D eigenvalue weighted by molar-refractivity contribution is 7.42. The van der Waals surface area contributed by atoms with E-state index >= 15 is 0 Å². The highest BCUT2D eigenvalue weighted by Gasteiger charge is 2.44. The van der Waals surface area contributed by atoms with Crippen LogP contribution in [-0.4, -0.2) is 24.1 Å². The third-order valence-electron chi connectivity index (χ3n) is 1.06. The molecule has 0 aromatic heterocycles. The predicted octanol–water partition coefficient (Wildman–Crippen LogP) is 1.01. The van der Waals surface area contributed by atoms with Crippen molar-refractivity contribution in [2.75, 3.05) is 13.2 Å². The first-order chi connectivity index (χ1) is 4.70. The molecule has 0 aliphatic carbocycles. The molecule has 0 unspecified atom stereocenters. The Kier molecular flexibility index (Phi) is 2.61. The zero-order chi connectivity index (χ0) is 7.61. The zero-order valence-electron chi connectivity index (χ0n) is 6.03. The van der Waals surface area contributed by atoms with Gasteiger partial charge in [0, 0.05) is 0 Å². The minimum Gasteiger partial charge on any atom is -0.391 e. The van der Waals surface area contributed by atoms with Crippen molar-refractivity contribution in [3.63, 3.8) is 0 Å². The van der Waals surface area contributed by atoms with Crippen LogP contribution in [0.2, 0.25) is 0 Å². The molecule has 5 heteroatoms. The van der Waals surface area contributed by atoms with E-state index in [0.29, 0.717) is 6.61 Å². The van der Waals surface area contributed by atoms with Crippen molar-refractivity contribution in [3.8, 4) is 0 Å². The van der Waals surface area contributed by atoms with Gasteiger partial charge in [0.1, 0.15) is 0 Å². The maximum absolute atomic E-state index is 8.64. The van der Waals surface area contributed by atoms with Gasteiger partial charge in [-0.1, -0.05) is 0 Å². The fourth-order valence-corrected chi connectivity index (χ4v) is 1.61. The molecule has 1 N–H and O–H groups in total. The molecule has 0 amide bonds. The monoisotopic (exact) mass is 166 g/mol. The summed E-state index contributed by atoms with van der Waals surface area (Å²) < 4.78 is 15.2. The predicted molar refractivity (Wildman–Crippen MR) is 36.2 cm³/mol. The Morgan fingerprint density at radius 3 is 2.60 bits per heavy atom. The smallest absolute Gasteiger partial charge is 0.338 e. The lowest BCUT2D eigenvalue weighted by Crippen LogP contribution is -2.41. The molecule has 1 aliphatic heterocycles. The molecule has 1 saturated heterocycles. The molecule has 10 heavy (non-hydrogen) atoms. The molecule has 0 saturated carbocycles. The van der Waals surface area contributed by atoms with Gasteiger partial charge in [-0.2, -0.15) is 0 Å². The van der Waals surface area contributed by atoms with Crippen LogP contribution in [0.15, 0.2) is 0 Å². The lowest BCUT2D eigenvalue weighted by atomic mass is 10.4. The van der Waals surface area contributed by atoms with Crippen LogP contribution < -0.4 is 0 Å². The zero-order valence-corrected chi connectivity index (χ0v) is 6.93. The maximum atomic E-state index is 8.64. The highest BCUT2D eigenvalue weighted by atomic mass is 31.2. The first kappa shape index (κ1) is 8.37. The lowest BCUT2D eigenvalue weighted by molar-refractivity contribution is -0.210. The van der Waals surface area contributed by atoms with Crippen LogP contribution in [0, 0.1) is 0 Å². The van der Waals surface area contributed by atoms with Gasteiger partial charge in [0.15, 0.2) is 0 Å². The van der Waals surface area contributed by atoms with E-state index in [1.165, 1.54) is 0 Å². The van der Waals surface area contributed by atoms with Crippen LogP contribution in [0.3, 0.4) is 0 Å². The fraction of sp³-hybridized carbons (Fsp3) is 1.00. The van der Waals surface area contributed by atoms with Gasteiger partial charge in [-0.15, -0.1) is 0 Å². The van der Waals surface area contributed by atoms with Crippen LogP contribution in [0.4, 0.5) is 0 Å².